The molecular formula is C21H26Cl2FN7O. The molecule has 0 saturated carbocycles. The average Bonchev–Trinajstić information content (AvgIpc) is 3.22. The number of piperidine rings is 1. The minimum atomic E-state index is -0.545. The number of nitrogens with one attached hydrogen (secondary N) is 3. The van der Waals surface area contributed by atoms with Gasteiger partial charge in [0.1, 0.15) is 5.49 Å². The lowest BCUT2D eigenvalue weighted by molar-refractivity contribution is 0.155. The van der Waals surface area contributed by atoms with Crippen LogP contribution < -0.4 is 21.3 Å². The van der Waals surface area contributed by atoms with Gasteiger partial charge >= 0.3 is 6.03 Å². The molecule has 2 aromatic rings. The first kappa shape index (κ1) is 22.8. The van der Waals surface area contributed by atoms with Gasteiger partial charge in [-0.3, -0.25) is 4.99 Å². The van der Waals surface area contributed by atoms with E-state index in [0.717, 1.165) is 48.1 Å². The van der Waals surface area contributed by atoms with Crippen LogP contribution in [0.4, 0.5) is 15.0 Å². The number of nitrogens with zero attached hydrogens (tertiary/aromatic N) is 4. The summed E-state index contributed by atoms with van der Waals surface area (Å²) >= 11 is 11.9. The van der Waals surface area contributed by atoms with Crippen molar-refractivity contribution in [3.63, 3.8) is 0 Å². The maximum absolute atomic E-state index is 14.5. The Bertz CT molecular complexity index is 1080. The number of likely N-dealkylation sites (tertiary alicyclic amines) is 1. The van der Waals surface area contributed by atoms with Gasteiger partial charge in [-0.05, 0) is 25.7 Å². The number of hydrogen-bond donors (Lipinski definition) is 3. The smallest absolute Gasteiger partial charge is 0.317 e. The average molecular weight is 482 g/mol. The molecule has 0 spiro atoms. The predicted octanol–water partition coefficient (Wildman–Crippen LogP) is 2.24. The zero-order valence-corrected chi connectivity index (χ0v) is 19.1. The number of alkyl halides is 2. The highest BCUT2D eigenvalue weighted by molar-refractivity contribution is 6.24. The molecule has 4 rings (SSSR count). The number of anilines is 1. The molecule has 1 saturated heterocycles. The summed E-state index contributed by atoms with van der Waals surface area (Å²) in [5, 5.41) is 6.60. The third-order valence-corrected chi connectivity index (χ3v) is 6.17. The Kier molecular flexibility index (Phi) is 7.47. The van der Waals surface area contributed by atoms with Gasteiger partial charge in [0.25, 0.3) is 0 Å². The summed E-state index contributed by atoms with van der Waals surface area (Å²) in [6.07, 6.45) is 8.34. The number of H-pyrrole nitrogens is 1. The van der Waals surface area contributed by atoms with Crippen LogP contribution >= 0.6 is 23.2 Å². The summed E-state index contributed by atoms with van der Waals surface area (Å²) in [5.41, 5.74) is 1.44. The normalized spacial score (nSPS) is 20.2. The topological polar surface area (TPSA) is 98.3 Å². The molecule has 0 bridgehead atoms. The number of aromatic nitrogens is 3. The predicted molar refractivity (Wildman–Crippen MR) is 123 cm³/mol. The van der Waals surface area contributed by atoms with Crippen molar-refractivity contribution in [2.45, 2.75) is 37.1 Å². The van der Waals surface area contributed by atoms with Crippen LogP contribution in [0.1, 0.15) is 25.7 Å². The Morgan fingerprint density at radius 1 is 1.38 bits per heavy atom. The Balaban J connectivity index is 1.49. The highest BCUT2D eigenvalue weighted by Crippen LogP contribution is 2.20. The van der Waals surface area contributed by atoms with Crippen LogP contribution in [-0.4, -0.2) is 69.4 Å². The van der Waals surface area contributed by atoms with Crippen LogP contribution in [0.5, 0.6) is 0 Å². The van der Waals surface area contributed by atoms with E-state index in [2.05, 4.69) is 30.6 Å². The van der Waals surface area contributed by atoms with Crippen molar-refractivity contribution in [2.24, 2.45) is 4.99 Å². The van der Waals surface area contributed by atoms with Crippen molar-refractivity contribution in [3.05, 3.63) is 28.9 Å². The van der Waals surface area contributed by atoms with Crippen molar-refractivity contribution < 1.29 is 9.18 Å². The van der Waals surface area contributed by atoms with Gasteiger partial charge in [0, 0.05) is 42.5 Å². The van der Waals surface area contributed by atoms with Crippen molar-refractivity contribution in [1.29, 1.82) is 0 Å². The molecule has 0 aliphatic carbocycles. The lowest BCUT2D eigenvalue weighted by Crippen LogP contribution is -2.51. The SMILES string of the molecule is O=C(NCCCCl)N1CCCC[C@@H]1CNc1nc(-c2c[nH]c3c2=CC(Cl)CN=3)ncc1F. The van der Waals surface area contributed by atoms with E-state index >= 15 is 0 Å². The number of fused-ring (bicyclic) bond motifs is 1. The number of aromatic amines is 1. The van der Waals surface area contributed by atoms with E-state index < -0.39 is 5.82 Å². The summed E-state index contributed by atoms with van der Waals surface area (Å²) in [6.45, 7) is 2.11. The van der Waals surface area contributed by atoms with E-state index in [-0.39, 0.29) is 23.3 Å². The molecule has 0 aromatic carbocycles. The third-order valence-electron chi connectivity index (χ3n) is 5.63. The number of carbonyl (C=O) groups excluding carboxylic acids is 1. The summed E-state index contributed by atoms with van der Waals surface area (Å²) in [7, 11) is 0. The van der Waals surface area contributed by atoms with E-state index in [0.29, 0.717) is 37.9 Å². The van der Waals surface area contributed by atoms with Gasteiger partial charge in [0.15, 0.2) is 17.5 Å². The van der Waals surface area contributed by atoms with Crippen LogP contribution in [0.3, 0.4) is 0 Å². The van der Waals surface area contributed by atoms with Gasteiger partial charge in [-0.1, -0.05) is 6.08 Å². The van der Waals surface area contributed by atoms with Crippen LogP contribution in [-0.2, 0) is 0 Å². The Morgan fingerprint density at radius 3 is 3.09 bits per heavy atom. The molecule has 2 amide bonds. The van der Waals surface area contributed by atoms with E-state index in [1.165, 1.54) is 0 Å². The molecule has 2 atom stereocenters. The quantitative estimate of drug-likeness (QED) is 0.417. The first-order valence-corrected chi connectivity index (χ1v) is 11.8. The molecule has 2 aliphatic heterocycles. The molecule has 8 nitrogen and oxygen atoms in total. The number of rotatable bonds is 7. The minimum Gasteiger partial charge on any atom is -0.365 e. The minimum absolute atomic E-state index is 0.0540. The van der Waals surface area contributed by atoms with Gasteiger partial charge in [-0.25, -0.2) is 19.2 Å². The van der Waals surface area contributed by atoms with Crippen molar-refractivity contribution in [2.75, 3.05) is 37.4 Å². The Hall–Kier alpha value is -2.39. The number of hydrogen-bond acceptors (Lipinski definition) is 5. The monoisotopic (exact) mass is 481 g/mol. The second-order valence-electron chi connectivity index (χ2n) is 7.88. The third kappa shape index (κ3) is 5.15. The maximum atomic E-state index is 14.5. The number of amides is 2. The summed E-state index contributed by atoms with van der Waals surface area (Å²) < 4.78 is 14.5. The molecule has 1 fully saturated rings. The lowest BCUT2D eigenvalue weighted by Gasteiger charge is -2.36. The molecule has 4 heterocycles. The number of carbonyl (C=O) groups is 1. The second-order valence-corrected chi connectivity index (χ2v) is 8.82. The molecule has 2 aliphatic rings. The van der Waals surface area contributed by atoms with Crippen LogP contribution in [0.15, 0.2) is 17.4 Å². The van der Waals surface area contributed by atoms with E-state index in [4.69, 9.17) is 23.2 Å². The molecule has 0 radical (unpaired) electrons. The Labute approximate surface area is 195 Å². The van der Waals surface area contributed by atoms with E-state index in [1.54, 1.807) is 6.20 Å². The van der Waals surface area contributed by atoms with Gasteiger partial charge in [-0.2, -0.15) is 0 Å². The fourth-order valence-corrected chi connectivity index (χ4v) is 4.33. The summed E-state index contributed by atoms with van der Waals surface area (Å²) in [5.74, 6) is 0.439. The zero-order chi connectivity index (χ0) is 22.5. The number of halogens is 3. The van der Waals surface area contributed by atoms with Gasteiger partial charge in [-0.15, -0.1) is 23.2 Å². The van der Waals surface area contributed by atoms with Crippen LogP contribution in [0.2, 0.25) is 0 Å². The highest BCUT2D eigenvalue weighted by atomic mass is 35.5. The van der Waals surface area contributed by atoms with E-state index in [9.17, 15) is 9.18 Å². The second kappa shape index (κ2) is 10.5. The van der Waals surface area contributed by atoms with Crippen molar-refractivity contribution >= 4 is 41.1 Å². The lowest BCUT2D eigenvalue weighted by atomic mass is 10.0. The van der Waals surface area contributed by atoms with Crippen LogP contribution in [0, 0.1) is 5.82 Å². The van der Waals surface area contributed by atoms with Crippen LogP contribution in [0.25, 0.3) is 17.5 Å². The molecular weight excluding hydrogens is 456 g/mol. The van der Waals surface area contributed by atoms with Crippen molar-refractivity contribution in [1.82, 2.24) is 25.2 Å². The van der Waals surface area contributed by atoms with E-state index in [1.807, 2.05) is 11.0 Å². The van der Waals surface area contributed by atoms with Gasteiger partial charge < -0.3 is 20.5 Å². The molecule has 32 heavy (non-hydrogen) atoms. The highest BCUT2D eigenvalue weighted by Gasteiger charge is 2.27. The summed E-state index contributed by atoms with van der Waals surface area (Å²) in [6, 6.07) is -0.166. The molecule has 2 aromatic heterocycles. The standard InChI is InChI=1S/C21H26Cl2FN7O/c22-5-3-6-25-21(32)31-7-2-1-4-14(31)10-27-20-17(24)12-29-19(30-20)16-11-28-18-15(16)8-13(23)9-26-18/h8,11-14H,1-7,9-10H2,(H,25,32)(H,26,28)(H,27,29,30)/t13?,14-/m1/s1. The first-order chi connectivity index (χ1) is 15.6. The fraction of sp³-hybridized carbons (Fsp3) is 0.524. The first-order valence-electron chi connectivity index (χ1n) is 10.8. The fourth-order valence-electron chi connectivity index (χ4n) is 4.00. The Morgan fingerprint density at radius 2 is 2.25 bits per heavy atom. The zero-order valence-electron chi connectivity index (χ0n) is 17.6. The maximum Gasteiger partial charge on any atom is 0.317 e. The largest absolute Gasteiger partial charge is 0.365 e. The number of urea groups is 1. The molecule has 172 valence electrons. The summed E-state index contributed by atoms with van der Waals surface area (Å²) in [4.78, 5) is 30.4. The molecule has 3 N–H and O–H groups in total. The van der Waals surface area contributed by atoms with Crippen molar-refractivity contribution in [3.8, 4) is 11.4 Å². The van der Waals surface area contributed by atoms with Gasteiger partial charge in [0.05, 0.1) is 24.2 Å². The van der Waals surface area contributed by atoms with Gasteiger partial charge in [0.2, 0.25) is 0 Å². The molecule has 1 unspecified atom stereocenters. The molecule has 11 heteroatoms.